The summed E-state index contributed by atoms with van der Waals surface area (Å²) < 4.78 is 5.34. The minimum Gasteiger partial charge on any atom is -0.410 e. The third-order valence-corrected chi connectivity index (χ3v) is 6.89. The highest BCUT2D eigenvalue weighted by atomic mass is 35.5. The van der Waals surface area contributed by atoms with Gasteiger partial charge in [0.25, 0.3) is 0 Å². The van der Waals surface area contributed by atoms with E-state index in [1.807, 2.05) is 42.5 Å². The Bertz CT molecular complexity index is 1270. The molecule has 0 aliphatic carbocycles. The van der Waals surface area contributed by atoms with Crippen molar-refractivity contribution in [2.24, 2.45) is 5.73 Å². The van der Waals surface area contributed by atoms with Gasteiger partial charge in [-0.3, -0.25) is 9.69 Å². The smallest absolute Gasteiger partial charge is 0.410 e. The average molecular weight is 539 g/mol. The molecule has 1 aliphatic heterocycles. The molecule has 0 aromatic heterocycles. The van der Waals surface area contributed by atoms with Crippen molar-refractivity contribution in [1.29, 1.82) is 0 Å². The highest BCUT2D eigenvalue weighted by Crippen LogP contribution is 2.32. The second-order valence-corrected chi connectivity index (χ2v) is 9.36. The predicted molar refractivity (Wildman–Crippen MR) is 149 cm³/mol. The standard InChI is InChI=1S/C28H28Cl2N4O3/c29-24-7-4-8-25(26(24)30)34-17-15-33(16-18-34)14-2-1-13-32-28(36)37-23-11-9-20(10-12-23)21-5-3-6-22(19-21)27(31)35/h1-12,19H,13-18H2,(H2,31,35)(H,32,36). The third kappa shape index (κ3) is 7.26. The first-order valence-electron chi connectivity index (χ1n) is 11.9. The number of nitrogens with two attached hydrogens (primary N) is 1. The van der Waals surface area contributed by atoms with Crippen LogP contribution in [0, 0.1) is 0 Å². The van der Waals surface area contributed by atoms with Crippen LogP contribution in [-0.4, -0.2) is 56.2 Å². The number of carbonyl (C=O) groups is 2. The van der Waals surface area contributed by atoms with E-state index in [0.717, 1.165) is 49.5 Å². The van der Waals surface area contributed by atoms with Crippen molar-refractivity contribution in [3.8, 4) is 16.9 Å². The lowest BCUT2D eigenvalue weighted by Crippen LogP contribution is -2.46. The van der Waals surface area contributed by atoms with Gasteiger partial charge in [-0.1, -0.05) is 65.7 Å². The highest BCUT2D eigenvalue weighted by molar-refractivity contribution is 6.43. The lowest BCUT2D eigenvalue weighted by Gasteiger charge is -2.36. The number of carbonyl (C=O) groups excluding carboxylic acids is 2. The number of nitrogens with zero attached hydrogens (tertiary/aromatic N) is 2. The molecule has 1 saturated heterocycles. The summed E-state index contributed by atoms with van der Waals surface area (Å²) in [4.78, 5) is 28.1. The molecule has 1 fully saturated rings. The van der Waals surface area contributed by atoms with Gasteiger partial charge in [-0.15, -0.1) is 0 Å². The van der Waals surface area contributed by atoms with Gasteiger partial charge in [0.1, 0.15) is 5.75 Å². The van der Waals surface area contributed by atoms with E-state index in [2.05, 4.69) is 15.1 Å². The minimum atomic E-state index is -0.528. The number of primary amides is 1. The van der Waals surface area contributed by atoms with E-state index >= 15 is 0 Å². The quantitative estimate of drug-likeness (QED) is 0.383. The molecule has 1 heterocycles. The molecule has 0 atom stereocenters. The van der Waals surface area contributed by atoms with Gasteiger partial charge in [-0.2, -0.15) is 0 Å². The molecule has 4 rings (SSSR count). The van der Waals surface area contributed by atoms with Crippen molar-refractivity contribution < 1.29 is 14.3 Å². The molecule has 37 heavy (non-hydrogen) atoms. The summed E-state index contributed by atoms with van der Waals surface area (Å²) in [5.74, 6) is -0.0526. The van der Waals surface area contributed by atoms with Crippen molar-refractivity contribution in [3.05, 3.63) is 94.5 Å². The third-order valence-electron chi connectivity index (χ3n) is 6.08. The summed E-state index contributed by atoms with van der Waals surface area (Å²) in [5.41, 5.74) is 8.50. The van der Waals surface area contributed by atoms with Crippen molar-refractivity contribution in [2.45, 2.75) is 0 Å². The van der Waals surface area contributed by atoms with Crippen molar-refractivity contribution >= 4 is 40.9 Å². The maximum Gasteiger partial charge on any atom is 0.412 e. The van der Waals surface area contributed by atoms with E-state index < -0.39 is 12.0 Å². The Morgan fingerprint density at radius 1 is 0.919 bits per heavy atom. The number of piperazine rings is 1. The zero-order chi connectivity index (χ0) is 26.2. The highest BCUT2D eigenvalue weighted by Gasteiger charge is 2.19. The second-order valence-electron chi connectivity index (χ2n) is 8.57. The first kappa shape index (κ1) is 26.5. The number of hydrogen-bond acceptors (Lipinski definition) is 5. The first-order valence-corrected chi connectivity index (χ1v) is 12.7. The molecular weight excluding hydrogens is 511 g/mol. The van der Waals surface area contributed by atoms with Gasteiger partial charge in [0, 0.05) is 44.8 Å². The number of ether oxygens (including phenoxy) is 1. The number of benzene rings is 3. The van der Waals surface area contributed by atoms with Gasteiger partial charge >= 0.3 is 6.09 Å². The molecule has 3 N–H and O–H groups in total. The van der Waals surface area contributed by atoms with E-state index in [9.17, 15) is 9.59 Å². The van der Waals surface area contributed by atoms with Crippen LogP contribution in [0.3, 0.4) is 0 Å². The predicted octanol–water partition coefficient (Wildman–Crippen LogP) is 5.23. The monoisotopic (exact) mass is 538 g/mol. The SMILES string of the molecule is NC(=O)c1cccc(-c2ccc(OC(=O)NCC=CCN3CCN(c4cccc(Cl)c4Cl)CC3)cc2)c1. The summed E-state index contributed by atoms with van der Waals surface area (Å²) in [6.07, 6.45) is 3.42. The Labute approximate surface area is 226 Å². The Hall–Kier alpha value is -3.52. The van der Waals surface area contributed by atoms with Gasteiger partial charge in [0.15, 0.2) is 0 Å². The van der Waals surface area contributed by atoms with Crippen LogP contribution in [-0.2, 0) is 0 Å². The topological polar surface area (TPSA) is 87.9 Å². The lowest BCUT2D eigenvalue weighted by atomic mass is 10.0. The first-order chi connectivity index (χ1) is 17.9. The van der Waals surface area contributed by atoms with Crippen LogP contribution in [0.2, 0.25) is 10.0 Å². The van der Waals surface area contributed by atoms with E-state index in [1.54, 1.807) is 36.4 Å². The second kappa shape index (κ2) is 12.6. The number of nitrogens with one attached hydrogen (secondary N) is 1. The van der Waals surface area contributed by atoms with Gasteiger partial charge in [-0.25, -0.2) is 4.79 Å². The van der Waals surface area contributed by atoms with Crippen LogP contribution in [0.4, 0.5) is 10.5 Å². The molecule has 0 spiro atoms. The van der Waals surface area contributed by atoms with Gasteiger partial charge in [0.2, 0.25) is 5.91 Å². The Morgan fingerprint density at radius 3 is 2.38 bits per heavy atom. The molecule has 3 aromatic carbocycles. The van der Waals surface area contributed by atoms with Gasteiger partial charge < -0.3 is 20.7 Å². The van der Waals surface area contributed by atoms with Crippen molar-refractivity contribution in [2.75, 3.05) is 44.2 Å². The molecule has 3 aromatic rings. The maximum absolute atomic E-state index is 12.1. The number of halogens is 2. The average Bonchev–Trinajstić information content (AvgIpc) is 2.91. The van der Waals surface area contributed by atoms with Crippen LogP contribution >= 0.6 is 23.2 Å². The summed E-state index contributed by atoms with van der Waals surface area (Å²) in [5, 5.41) is 3.89. The lowest BCUT2D eigenvalue weighted by molar-refractivity contribution is 0.1000. The Balaban J connectivity index is 1.17. The van der Waals surface area contributed by atoms with E-state index in [-0.39, 0.29) is 0 Å². The van der Waals surface area contributed by atoms with Crippen LogP contribution < -0.4 is 20.7 Å². The van der Waals surface area contributed by atoms with Gasteiger partial charge in [-0.05, 0) is 47.5 Å². The van der Waals surface area contributed by atoms with Crippen molar-refractivity contribution in [3.63, 3.8) is 0 Å². The van der Waals surface area contributed by atoms with Crippen LogP contribution in [0.25, 0.3) is 11.1 Å². The molecule has 192 valence electrons. The normalized spacial score (nSPS) is 14.1. The zero-order valence-corrected chi connectivity index (χ0v) is 21.7. The molecule has 0 radical (unpaired) electrons. The Morgan fingerprint density at radius 2 is 1.65 bits per heavy atom. The molecular formula is C28H28Cl2N4O3. The molecule has 2 amide bonds. The number of anilines is 1. The summed E-state index contributed by atoms with van der Waals surface area (Å²) in [6.45, 7) is 4.72. The van der Waals surface area contributed by atoms with Crippen LogP contribution in [0.5, 0.6) is 5.75 Å². The maximum atomic E-state index is 12.1. The fourth-order valence-corrected chi connectivity index (χ4v) is 4.48. The largest absolute Gasteiger partial charge is 0.412 e. The van der Waals surface area contributed by atoms with Gasteiger partial charge in [0.05, 0.1) is 15.7 Å². The Kier molecular flexibility index (Phi) is 9.06. The summed E-state index contributed by atoms with van der Waals surface area (Å²) in [7, 11) is 0. The van der Waals surface area contributed by atoms with Crippen LogP contribution in [0.1, 0.15) is 10.4 Å². The summed E-state index contributed by atoms with van der Waals surface area (Å²) >= 11 is 12.5. The minimum absolute atomic E-state index is 0.370. The molecule has 0 saturated carbocycles. The van der Waals surface area contributed by atoms with E-state index in [4.69, 9.17) is 33.7 Å². The molecule has 9 heteroatoms. The zero-order valence-electron chi connectivity index (χ0n) is 20.2. The van der Waals surface area contributed by atoms with E-state index in [1.165, 1.54) is 0 Å². The number of amides is 2. The number of rotatable bonds is 8. The summed E-state index contributed by atoms with van der Waals surface area (Å²) in [6, 6.07) is 19.8. The van der Waals surface area contributed by atoms with Crippen LogP contribution in [0.15, 0.2) is 78.9 Å². The fraction of sp³-hybridized carbons (Fsp3) is 0.214. The fourth-order valence-electron chi connectivity index (χ4n) is 4.07. The molecule has 0 unspecified atom stereocenters. The molecule has 1 aliphatic rings. The molecule has 0 bridgehead atoms. The number of hydrogen-bond donors (Lipinski definition) is 2. The van der Waals surface area contributed by atoms with E-state index in [0.29, 0.717) is 27.9 Å². The van der Waals surface area contributed by atoms with Crippen molar-refractivity contribution in [1.82, 2.24) is 10.2 Å². The molecule has 7 nitrogen and oxygen atoms in total.